The molecule has 0 spiro atoms. The zero-order valence-corrected chi connectivity index (χ0v) is 24.7. The number of nitrogens with zero attached hydrogens (tertiary/aromatic N) is 3. The van der Waals surface area contributed by atoms with Gasteiger partial charge in [-0.25, -0.2) is 9.18 Å². The van der Waals surface area contributed by atoms with Gasteiger partial charge in [0.1, 0.15) is 6.61 Å². The zero-order valence-electron chi connectivity index (χ0n) is 24.7. The van der Waals surface area contributed by atoms with Gasteiger partial charge in [0, 0.05) is 37.6 Å². The number of carbonyl (C=O) groups is 2. The van der Waals surface area contributed by atoms with Gasteiger partial charge in [0.15, 0.2) is 11.6 Å². The number of rotatable bonds is 14. The van der Waals surface area contributed by atoms with Crippen LogP contribution in [0.4, 0.5) is 9.18 Å². The van der Waals surface area contributed by atoms with Crippen LogP contribution in [0.1, 0.15) is 81.4 Å². The second-order valence-corrected chi connectivity index (χ2v) is 12.3. The predicted molar refractivity (Wildman–Crippen MR) is 155 cm³/mol. The maximum absolute atomic E-state index is 14.9. The minimum Gasteiger partial charge on any atom is -0.488 e. The maximum Gasteiger partial charge on any atom is 0.320 e. The van der Waals surface area contributed by atoms with Crippen LogP contribution in [-0.2, 0) is 28.8 Å². The van der Waals surface area contributed by atoms with E-state index in [2.05, 4.69) is 32.9 Å². The molecule has 1 aliphatic carbocycles. The Morgan fingerprint density at radius 3 is 2.66 bits per heavy atom. The van der Waals surface area contributed by atoms with Crippen molar-refractivity contribution in [2.24, 2.45) is 5.41 Å². The topological polar surface area (TPSA) is 92.2 Å². The number of hydrogen-bond acceptors (Lipinski definition) is 5. The molecule has 0 radical (unpaired) electrons. The summed E-state index contributed by atoms with van der Waals surface area (Å²) < 4.78 is 26.1. The molecule has 2 amide bonds. The van der Waals surface area contributed by atoms with Crippen LogP contribution in [0.2, 0.25) is 0 Å². The zero-order chi connectivity index (χ0) is 29.4. The summed E-state index contributed by atoms with van der Waals surface area (Å²) in [4.78, 5) is 33.1. The van der Waals surface area contributed by atoms with E-state index in [0.29, 0.717) is 38.4 Å². The Morgan fingerprint density at radius 2 is 1.90 bits per heavy atom. The van der Waals surface area contributed by atoms with E-state index in [1.54, 1.807) is 15.9 Å². The van der Waals surface area contributed by atoms with Crippen LogP contribution in [-0.4, -0.2) is 71.3 Å². The fourth-order valence-electron chi connectivity index (χ4n) is 5.42. The van der Waals surface area contributed by atoms with E-state index in [9.17, 15) is 19.1 Å². The number of halogens is 1. The van der Waals surface area contributed by atoms with Gasteiger partial charge < -0.3 is 24.4 Å². The minimum absolute atomic E-state index is 0.0763. The van der Waals surface area contributed by atoms with E-state index in [4.69, 9.17) is 14.5 Å². The van der Waals surface area contributed by atoms with Crippen LogP contribution in [0.25, 0.3) is 0 Å². The van der Waals surface area contributed by atoms with Gasteiger partial charge in [-0.05, 0) is 79.7 Å². The summed E-state index contributed by atoms with van der Waals surface area (Å²) in [6.45, 7) is 9.05. The summed E-state index contributed by atoms with van der Waals surface area (Å²) in [7, 11) is 0. The van der Waals surface area contributed by atoms with Gasteiger partial charge in [-0.15, -0.1) is 0 Å². The Bertz CT molecular complexity index is 1200. The normalized spacial score (nSPS) is 16.1. The van der Waals surface area contributed by atoms with Crippen molar-refractivity contribution >= 4 is 12.0 Å². The van der Waals surface area contributed by atoms with Crippen molar-refractivity contribution in [2.45, 2.75) is 78.2 Å². The molecule has 0 unspecified atom stereocenters. The van der Waals surface area contributed by atoms with Crippen LogP contribution < -0.4 is 4.74 Å². The molecule has 1 saturated heterocycles. The van der Waals surface area contributed by atoms with Crippen LogP contribution in [0.5, 0.6) is 5.75 Å². The van der Waals surface area contributed by atoms with Gasteiger partial charge in [0.25, 0.3) is 0 Å². The standard InChI is InChI=1S/C32H44FN3O5/c1-32(2,3)14-18-40-19-20-41-29-13-11-24(21-26(29)33)28(22-30(37)38)36-17-16-35(31(36)39)15-6-8-25-12-10-23-7-4-5-9-27(23)34-25/h10-13,21,28H,4-9,14-20,22H2,1-3H3,(H,37,38)/t28-/m0/s1. The van der Waals surface area contributed by atoms with E-state index >= 15 is 0 Å². The molecule has 1 aliphatic heterocycles. The van der Waals surface area contributed by atoms with E-state index in [1.165, 1.54) is 36.2 Å². The molecule has 2 aromatic rings. The number of aromatic nitrogens is 1. The maximum atomic E-state index is 14.9. The number of aryl methyl sites for hydroxylation is 3. The number of aliphatic carboxylic acids is 1. The first kappa shape index (κ1) is 30.8. The second kappa shape index (κ2) is 14.1. The van der Waals surface area contributed by atoms with Crippen molar-refractivity contribution in [2.75, 3.05) is 39.5 Å². The number of ether oxygens (including phenoxy) is 2. The molecule has 1 fully saturated rings. The lowest BCUT2D eigenvalue weighted by Gasteiger charge is -2.27. The van der Waals surface area contributed by atoms with Crippen molar-refractivity contribution in [3.63, 3.8) is 0 Å². The largest absolute Gasteiger partial charge is 0.488 e. The highest BCUT2D eigenvalue weighted by molar-refractivity contribution is 5.78. The Morgan fingerprint density at radius 1 is 1.10 bits per heavy atom. The molecule has 2 aliphatic rings. The van der Waals surface area contributed by atoms with Crippen LogP contribution in [0, 0.1) is 11.2 Å². The van der Waals surface area contributed by atoms with Gasteiger partial charge >= 0.3 is 12.0 Å². The summed E-state index contributed by atoms with van der Waals surface area (Å²) in [6, 6.07) is 7.71. The number of amides is 2. The molecule has 41 heavy (non-hydrogen) atoms. The molecular weight excluding hydrogens is 525 g/mol. The third-order valence-corrected chi connectivity index (χ3v) is 7.79. The number of hydrogen-bond donors (Lipinski definition) is 1. The van der Waals surface area contributed by atoms with Gasteiger partial charge in [0.05, 0.1) is 19.1 Å². The monoisotopic (exact) mass is 569 g/mol. The smallest absolute Gasteiger partial charge is 0.320 e. The molecular formula is C32H44FN3O5. The quantitative estimate of drug-likeness (QED) is 0.289. The lowest BCUT2D eigenvalue weighted by Crippen LogP contribution is -2.36. The summed E-state index contributed by atoms with van der Waals surface area (Å²) in [6.07, 6.45) is 6.71. The van der Waals surface area contributed by atoms with E-state index in [0.717, 1.165) is 37.8 Å². The van der Waals surface area contributed by atoms with Crippen molar-refractivity contribution in [1.82, 2.24) is 14.8 Å². The third-order valence-electron chi connectivity index (χ3n) is 7.79. The molecule has 8 nitrogen and oxygen atoms in total. The Balaban J connectivity index is 1.30. The van der Waals surface area contributed by atoms with Gasteiger partial charge in [0.2, 0.25) is 0 Å². The number of urea groups is 1. The average molecular weight is 570 g/mol. The fourth-order valence-corrected chi connectivity index (χ4v) is 5.42. The average Bonchev–Trinajstić information content (AvgIpc) is 3.29. The van der Waals surface area contributed by atoms with Crippen molar-refractivity contribution in [1.29, 1.82) is 0 Å². The van der Waals surface area contributed by atoms with Gasteiger partial charge in [-0.2, -0.15) is 0 Å². The van der Waals surface area contributed by atoms with Crippen molar-refractivity contribution in [3.05, 3.63) is 58.7 Å². The molecule has 0 bridgehead atoms. The molecule has 0 saturated carbocycles. The minimum atomic E-state index is -1.05. The van der Waals surface area contributed by atoms with Gasteiger partial charge in [-0.3, -0.25) is 9.78 Å². The molecule has 1 N–H and O–H groups in total. The second-order valence-electron chi connectivity index (χ2n) is 12.3. The summed E-state index contributed by atoms with van der Waals surface area (Å²) in [5.74, 6) is -1.56. The molecule has 1 aromatic carbocycles. The predicted octanol–water partition coefficient (Wildman–Crippen LogP) is 5.82. The Kier molecular flexibility index (Phi) is 10.6. The number of pyridine rings is 1. The van der Waals surface area contributed by atoms with Crippen LogP contribution in [0.15, 0.2) is 30.3 Å². The number of carbonyl (C=O) groups excluding carboxylic acids is 1. The van der Waals surface area contributed by atoms with Crippen LogP contribution in [0.3, 0.4) is 0 Å². The van der Waals surface area contributed by atoms with Gasteiger partial charge in [-0.1, -0.05) is 32.9 Å². The van der Waals surface area contributed by atoms with Crippen molar-refractivity contribution in [3.8, 4) is 5.75 Å². The fraction of sp³-hybridized carbons (Fsp3) is 0.594. The number of fused-ring (bicyclic) bond motifs is 1. The molecule has 224 valence electrons. The SMILES string of the molecule is CC(C)(C)CCOCCOc1ccc([C@H](CC(=O)O)N2CCN(CCCc3ccc4c(n3)CCCC4)C2=O)cc1F. The lowest BCUT2D eigenvalue weighted by atomic mass is 9.93. The number of carboxylic acid groups (broad SMARTS) is 1. The highest BCUT2D eigenvalue weighted by Gasteiger charge is 2.35. The molecule has 9 heteroatoms. The van der Waals surface area contributed by atoms with Crippen LogP contribution >= 0.6 is 0 Å². The van der Waals surface area contributed by atoms with E-state index < -0.39 is 17.8 Å². The number of benzene rings is 1. The summed E-state index contributed by atoms with van der Waals surface area (Å²) >= 11 is 0. The first-order valence-corrected chi connectivity index (χ1v) is 14.9. The Labute approximate surface area is 242 Å². The highest BCUT2D eigenvalue weighted by Crippen LogP contribution is 2.31. The number of carboxylic acids is 1. The molecule has 4 rings (SSSR count). The molecule has 1 atom stereocenters. The molecule has 1 aromatic heterocycles. The first-order chi connectivity index (χ1) is 19.6. The van der Waals surface area contributed by atoms with E-state index in [-0.39, 0.29) is 30.2 Å². The summed E-state index contributed by atoms with van der Waals surface area (Å²) in [5.41, 5.74) is 4.23. The third kappa shape index (κ3) is 8.89. The Hall–Kier alpha value is -3.20. The first-order valence-electron chi connectivity index (χ1n) is 14.9. The highest BCUT2D eigenvalue weighted by atomic mass is 19.1. The summed E-state index contributed by atoms with van der Waals surface area (Å²) in [5, 5.41) is 9.58. The van der Waals surface area contributed by atoms with E-state index in [1.807, 2.05) is 0 Å². The lowest BCUT2D eigenvalue weighted by molar-refractivity contribution is -0.138. The molecule has 2 heterocycles. The van der Waals surface area contributed by atoms with Crippen molar-refractivity contribution < 1.29 is 28.6 Å².